The van der Waals surface area contributed by atoms with Crippen molar-refractivity contribution in [3.8, 4) is 0 Å². The van der Waals surface area contributed by atoms with Crippen LogP contribution in [0.3, 0.4) is 0 Å². The second kappa shape index (κ2) is 10.6. The van der Waals surface area contributed by atoms with E-state index in [1.54, 1.807) is 0 Å². The van der Waals surface area contributed by atoms with Crippen LogP contribution in [0, 0.1) is 0 Å². The van der Waals surface area contributed by atoms with Gasteiger partial charge in [-0.3, -0.25) is 0 Å². The third-order valence-electron chi connectivity index (χ3n) is 1.42. The molecule has 14 heavy (non-hydrogen) atoms. The summed E-state index contributed by atoms with van der Waals surface area (Å²) in [4.78, 5) is 9.90. The van der Waals surface area contributed by atoms with Crippen LogP contribution in [0.1, 0.15) is 0 Å². The third-order valence-corrected chi connectivity index (χ3v) is 1.42. The Balaban J connectivity index is -0.000000605. The number of carbonyl (C=O) groups is 1. The quantitative estimate of drug-likeness (QED) is 0.235. The van der Waals surface area contributed by atoms with Gasteiger partial charge in [-0.25, -0.2) is 0 Å². The minimum Gasteiger partial charge on any atom is -0.870 e. The van der Waals surface area contributed by atoms with Crippen LogP contribution >= 0.6 is 0 Å². The first-order valence-corrected chi connectivity index (χ1v) is 3.33. The molecule has 0 saturated heterocycles. The van der Waals surface area contributed by atoms with E-state index in [4.69, 9.17) is 25.5 Å². The number of hydrogen-bond acceptors (Lipinski definition) is 7. The average molecular weight is 236 g/mol. The summed E-state index contributed by atoms with van der Waals surface area (Å²) >= 11 is 0. The van der Waals surface area contributed by atoms with Gasteiger partial charge in [0.1, 0.15) is 24.4 Å². The van der Waals surface area contributed by atoms with Gasteiger partial charge in [-0.1, -0.05) is 0 Å². The minimum absolute atomic E-state index is 0. The molecule has 0 radical (unpaired) electrons. The number of carbonyl (C=O) groups excluding carboxylic acids is 1. The molecule has 0 aromatic carbocycles. The van der Waals surface area contributed by atoms with Gasteiger partial charge in [-0.05, 0) is 0 Å². The van der Waals surface area contributed by atoms with E-state index in [0.29, 0.717) is 0 Å². The second-order valence-corrected chi connectivity index (χ2v) is 2.36. The summed E-state index contributed by atoms with van der Waals surface area (Å²) in [7, 11) is 0. The molecule has 0 heterocycles. The largest absolute Gasteiger partial charge is 1.00 e. The first kappa shape index (κ1) is 20.5. The van der Waals surface area contributed by atoms with Crippen LogP contribution in [0.2, 0.25) is 0 Å². The Morgan fingerprint density at radius 1 is 1.07 bits per heavy atom. The fourth-order valence-corrected chi connectivity index (χ4v) is 0.618. The number of hydrogen-bond donors (Lipinski definition) is 5. The molecule has 0 fully saturated rings. The van der Waals surface area contributed by atoms with E-state index in [1.165, 1.54) is 0 Å². The van der Waals surface area contributed by atoms with Crippen molar-refractivity contribution in [1.29, 1.82) is 0 Å². The van der Waals surface area contributed by atoms with E-state index in [2.05, 4.69) is 0 Å². The summed E-state index contributed by atoms with van der Waals surface area (Å²) in [6, 6.07) is 0. The Kier molecular flexibility index (Phi) is 15.5. The molecule has 8 heteroatoms. The summed E-state index contributed by atoms with van der Waals surface area (Å²) in [6.45, 7) is -0.760. The maximum Gasteiger partial charge on any atom is 1.00 e. The van der Waals surface area contributed by atoms with Crippen LogP contribution in [0.5, 0.6) is 0 Å². The molecule has 80 valence electrons. The van der Waals surface area contributed by atoms with Crippen molar-refractivity contribution in [2.45, 2.75) is 24.4 Å². The molecular weight excluding hydrogens is 223 g/mol. The summed E-state index contributed by atoms with van der Waals surface area (Å²) in [5.74, 6) is 0. The Morgan fingerprint density at radius 2 is 1.50 bits per heavy atom. The average Bonchev–Trinajstić information content (AvgIpc) is 2.12. The van der Waals surface area contributed by atoms with Gasteiger partial charge in [0.2, 0.25) is 0 Å². The second-order valence-electron chi connectivity index (χ2n) is 2.36. The van der Waals surface area contributed by atoms with Gasteiger partial charge in [-0.15, -0.1) is 0 Å². The molecular formula is C6H13KO7. The Morgan fingerprint density at radius 3 is 1.79 bits per heavy atom. The van der Waals surface area contributed by atoms with Crippen LogP contribution in [-0.2, 0) is 4.79 Å². The standard InChI is InChI=1S/C6H12O6.K.H2O/c7-1-3(9)5(11)6(12)4(10)2-8;;/h1,3-6,8-12H,2H2;;1H2/q;+1;/p-1/t3-,4+,5+,6+;;/m0../s1. The summed E-state index contributed by atoms with van der Waals surface area (Å²) in [5, 5.41) is 43.5. The molecule has 0 saturated carbocycles. The van der Waals surface area contributed by atoms with Crippen LogP contribution in [0.25, 0.3) is 0 Å². The predicted molar refractivity (Wildman–Crippen MR) is 39.1 cm³/mol. The van der Waals surface area contributed by atoms with Gasteiger partial charge in [0.15, 0.2) is 6.29 Å². The maximum atomic E-state index is 9.90. The fraction of sp³-hybridized carbons (Fsp3) is 0.833. The molecule has 0 aliphatic heterocycles. The monoisotopic (exact) mass is 236 g/mol. The molecule has 6 N–H and O–H groups in total. The Bertz CT molecular complexity index is 144. The van der Waals surface area contributed by atoms with Crippen molar-refractivity contribution in [2.24, 2.45) is 0 Å². The van der Waals surface area contributed by atoms with Crippen molar-refractivity contribution in [2.75, 3.05) is 6.61 Å². The molecule has 0 rings (SSSR count). The van der Waals surface area contributed by atoms with Gasteiger partial charge < -0.3 is 35.8 Å². The zero-order valence-electron chi connectivity index (χ0n) is 7.69. The van der Waals surface area contributed by atoms with Gasteiger partial charge in [0, 0.05) is 0 Å². The van der Waals surface area contributed by atoms with Gasteiger partial charge in [-0.2, -0.15) is 0 Å². The van der Waals surface area contributed by atoms with E-state index in [-0.39, 0.29) is 63.1 Å². The van der Waals surface area contributed by atoms with Crippen molar-refractivity contribution in [1.82, 2.24) is 0 Å². The normalized spacial score (nSPS) is 18.1. The van der Waals surface area contributed by atoms with Crippen LogP contribution < -0.4 is 51.4 Å². The molecule has 0 aliphatic rings. The summed E-state index contributed by atoms with van der Waals surface area (Å²) in [6.07, 6.45) is -6.84. The maximum absolute atomic E-state index is 9.90. The Hall–Kier alpha value is 1.07. The molecule has 7 nitrogen and oxygen atoms in total. The van der Waals surface area contributed by atoms with Crippen LogP contribution in [0.4, 0.5) is 0 Å². The van der Waals surface area contributed by atoms with E-state index in [1.807, 2.05) is 0 Å². The van der Waals surface area contributed by atoms with E-state index in [0.717, 1.165) is 0 Å². The predicted octanol–water partition coefficient (Wildman–Crippen LogP) is -6.55. The first-order valence-electron chi connectivity index (χ1n) is 3.33. The molecule has 0 spiro atoms. The Labute approximate surface area is 123 Å². The molecule has 0 aromatic rings. The van der Waals surface area contributed by atoms with E-state index in [9.17, 15) is 4.79 Å². The first-order chi connectivity index (χ1) is 5.54. The molecule has 0 aliphatic carbocycles. The van der Waals surface area contributed by atoms with Crippen LogP contribution in [0.15, 0.2) is 0 Å². The number of aliphatic hydroxyl groups excluding tert-OH is 5. The summed E-state index contributed by atoms with van der Waals surface area (Å²) in [5.41, 5.74) is 0. The van der Waals surface area contributed by atoms with E-state index >= 15 is 0 Å². The van der Waals surface area contributed by atoms with Gasteiger partial charge >= 0.3 is 51.4 Å². The molecule has 0 bridgehead atoms. The minimum atomic E-state index is -1.79. The molecule has 0 amide bonds. The zero-order chi connectivity index (χ0) is 9.72. The summed E-state index contributed by atoms with van der Waals surface area (Å²) < 4.78 is 0. The third kappa shape index (κ3) is 6.53. The van der Waals surface area contributed by atoms with Gasteiger partial charge in [0.25, 0.3) is 0 Å². The van der Waals surface area contributed by atoms with Crippen molar-refractivity contribution in [3.63, 3.8) is 0 Å². The smallest absolute Gasteiger partial charge is 0.870 e. The molecule has 0 unspecified atom stereocenters. The molecule has 0 aromatic heterocycles. The van der Waals surface area contributed by atoms with Crippen molar-refractivity contribution in [3.05, 3.63) is 0 Å². The number of rotatable bonds is 5. The number of aldehydes is 1. The van der Waals surface area contributed by atoms with Crippen molar-refractivity contribution >= 4 is 6.29 Å². The number of aliphatic hydroxyl groups is 5. The van der Waals surface area contributed by atoms with Crippen LogP contribution in [-0.4, -0.2) is 68.3 Å². The molecule has 4 atom stereocenters. The van der Waals surface area contributed by atoms with Crippen molar-refractivity contribution < 1.29 is 87.2 Å². The SMILES string of the molecule is O=C[C@H](O)[C@@H](O)[C@H](O)[C@H](O)CO.[K+].[OH-]. The topological polar surface area (TPSA) is 148 Å². The van der Waals surface area contributed by atoms with Gasteiger partial charge in [0.05, 0.1) is 6.61 Å². The zero-order valence-corrected chi connectivity index (χ0v) is 10.8. The fourth-order valence-electron chi connectivity index (χ4n) is 0.618. The van der Waals surface area contributed by atoms with E-state index < -0.39 is 31.0 Å².